The molecular formula is C18H30N4O4S. The number of nitrogens with one attached hydrogen (secondary N) is 1. The number of rotatable bonds is 7. The topological polar surface area (TPSA) is 105 Å². The largest absolute Gasteiger partial charge is 0.341 e. The molecule has 0 spiro atoms. The summed E-state index contributed by atoms with van der Waals surface area (Å²) in [5.74, 6) is 1.46. The summed E-state index contributed by atoms with van der Waals surface area (Å²) in [6, 6.07) is -0.169. The summed E-state index contributed by atoms with van der Waals surface area (Å²) in [6.45, 7) is 8.60. The lowest BCUT2D eigenvalue weighted by Crippen LogP contribution is -2.41. The number of likely N-dealkylation sites (tertiary alicyclic amines) is 1. The van der Waals surface area contributed by atoms with Gasteiger partial charge in [0.2, 0.25) is 21.8 Å². The van der Waals surface area contributed by atoms with Gasteiger partial charge in [0, 0.05) is 25.0 Å². The van der Waals surface area contributed by atoms with Gasteiger partial charge in [-0.1, -0.05) is 19.0 Å². The Balaban J connectivity index is 1.87. The van der Waals surface area contributed by atoms with Crippen molar-refractivity contribution < 1.29 is 17.7 Å². The number of amides is 1. The molecule has 9 heteroatoms. The molecule has 3 rings (SSSR count). The highest BCUT2D eigenvalue weighted by atomic mass is 32.2. The van der Waals surface area contributed by atoms with Crippen LogP contribution in [0.1, 0.15) is 58.2 Å². The van der Waals surface area contributed by atoms with Crippen LogP contribution in [0.15, 0.2) is 4.52 Å². The van der Waals surface area contributed by atoms with E-state index in [-0.39, 0.29) is 29.5 Å². The van der Waals surface area contributed by atoms with Crippen LogP contribution in [0.25, 0.3) is 0 Å². The van der Waals surface area contributed by atoms with Crippen molar-refractivity contribution in [1.82, 2.24) is 19.8 Å². The van der Waals surface area contributed by atoms with E-state index in [9.17, 15) is 13.2 Å². The van der Waals surface area contributed by atoms with E-state index in [1.165, 1.54) is 0 Å². The number of hydrogen-bond acceptors (Lipinski definition) is 6. The third kappa shape index (κ3) is 3.76. The molecular weight excluding hydrogens is 368 g/mol. The zero-order chi connectivity index (χ0) is 19.8. The maximum absolute atomic E-state index is 12.9. The standard InChI is InChI=1S/C18H30N4O4S/c1-5-13(6-2)16(23)22-10-14-8-15(21-27(24,25)7-3)9-18(14,11-22)17-19-12(4)20-26-17/h13-15,21H,5-11H2,1-4H3/t14-,15+,18-/m0/s1. The van der Waals surface area contributed by atoms with Gasteiger partial charge in [0.1, 0.15) is 0 Å². The van der Waals surface area contributed by atoms with E-state index < -0.39 is 15.4 Å². The molecule has 1 N–H and O–H groups in total. The second-order valence-corrected chi connectivity index (χ2v) is 9.93. The lowest BCUT2D eigenvalue weighted by Gasteiger charge is -2.27. The number of fused-ring (bicyclic) bond motifs is 1. The molecule has 8 nitrogen and oxygen atoms in total. The van der Waals surface area contributed by atoms with E-state index in [4.69, 9.17) is 4.52 Å². The highest BCUT2D eigenvalue weighted by Gasteiger charge is 2.58. The van der Waals surface area contributed by atoms with Gasteiger partial charge in [-0.2, -0.15) is 4.98 Å². The number of carbonyl (C=O) groups is 1. The lowest BCUT2D eigenvalue weighted by molar-refractivity contribution is -0.135. The van der Waals surface area contributed by atoms with Crippen molar-refractivity contribution in [3.05, 3.63) is 11.7 Å². The predicted octanol–water partition coefficient (Wildman–Crippen LogP) is 1.61. The molecule has 1 amide bonds. The third-order valence-electron chi connectivity index (χ3n) is 6.20. The van der Waals surface area contributed by atoms with Crippen LogP contribution in [0.2, 0.25) is 0 Å². The van der Waals surface area contributed by atoms with E-state index >= 15 is 0 Å². The maximum Gasteiger partial charge on any atom is 0.235 e. The summed E-state index contributed by atoms with van der Waals surface area (Å²) in [7, 11) is -3.29. The normalized spacial score (nSPS) is 28.1. The summed E-state index contributed by atoms with van der Waals surface area (Å²) < 4.78 is 32.4. The first-order valence-electron chi connectivity index (χ1n) is 9.84. The van der Waals surface area contributed by atoms with E-state index in [1.54, 1.807) is 13.8 Å². The van der Waals surface area contributed by atoms with E-state index in [0.29, 0.717) is 37.6 Å². The zero-order valence-corrected chi connectivity index (χ0v) is 17.4. The first-order valence-corrected chi connectivity index (χ1v) is 11.5. The molecule has 2 heterocycles. The molecule has 1 aliphatic heterocycles. The third-order valence-corrected chi connectivity index (χ3v) is 7.65. The van der Waals surface area contributed by atoms with Crippen LogP contribution in [0.3, 0.4) is 0 Å². The van der Waals surface area contributed by atoms with Crippen molar-refractivity contribution in [2.45, 2.75) is 64.8 Å². The average molecular weight is 399 g/mol. The number of aromatic nitrogens is 2. The first-order chi connectivity index (χ1) is 12.7. The minimum absolute atomic E-state index is 0.0275. The smallest absolute Gasteiger partial charge is 0.235 e. The fraction of sp³-hybridized carbons (Fsp3) is 0.833. The van der Waals surface area contributed by atoms with Crippen molar-refractivity contribution >= 4 is 15.9 Å². The van der Waals surface area contributed by atoms with Gasteiger partial charge >= 0.3 is 0 Å². The van der Waals surface area contributed by atoms with Crippen molar-refractivity contribution in [3.63, 3.8) is 0 Å². The Labute approximate surface area is 161 Å². The van der Waals surface area contributed by atoms with Crippen LogP contribution in [0.4, 0.5) is 0 Å². The molecule has 152 valence electrons. The van der Waals surface area contributed by atoms with Gasteiger partial charge in [0.05, 0.1) is 11.2 Å². The van der Waals surface area contributed by atoms with Crippen LogP contribution in [-0.2, 0) is 20.2 Å². The second kappa shape index (κ2) is 7.50. The molecule has 2 aliphatic rings. The van der Waals surface area contributed by atoms with E-state index in [0.717, 1.165) is 12.8 Å². The molecule has 27 heavy (non-hydrogen) atoms. The van der Waals surface area contributed by atoms with E-state index in [1.807, 2.05) is 18.7 Å². The highest BCUT2D eigenvalue weighted by Crippen LogP contribution is 2.50. The fourth-order valence-electron chi connectivity index (χ4n) is 4.69. The minimum atomic E-state index is -3.29. The molecule has 0 unspecified atom stereocenters. The monoisotopic (exact) mass is 398 g/mol. The van der Waals surface area contributed by atoms with Crippen molar-refractivity contribution in [3.8, 4) is 0 Å². The van der Waals surface area contributed by atoms with Gasteiger partial charge in [-0.15, -0.1) is 0 Å². The Bertz CT molecular complexity index is 789. The van der Waals surface area contributed by atoms with Crippen LogP contribution < -0.4 is 4.72 Å². The Kier molecular flexibility index (Phi) is 5.63. The molecule has 1 aromatic rings. The molecule has 1 saturated heterocycles. The molecule has 0 radical (unpaired) electrons. The first kappa shape index (κ1) is 20.3. The van der Waals surface area contributed by atoms with Gasteiger partial charge < -0.3 is 9.42 Å². The molecule has 3 atom stereocenters. The highest BCUT2D eigenvalue weighted by molar-refractivity contribution is 7.89. The van der Waals surface area contributed by atoms with Crippen LogP contribution in [0.5, 0.6) is 0 Å². The van der Waals surface area contributed by atoms with Gasteiger partial charge in [-0.05, 0) is 45.4 Å². The number of aryl methyl sites for hydroxylation is 1. The van der Waals surface area contributed by atoms with E-state index in [2.05, 4.69) is 14.9 Å². The van der Waals surface area contributed by atoms with Gasteiger partial charge in [-0.3, -0.25) is 4.79 Å². The Hall–Kier alpha value is -1.48. The van der Waals surface area contributed by atoms with Gasteiger partial charge in [0.15, 0.2) is 5.82 Å². The van der Waals surface area contributed by atoms with Crippen LogP contribution in [0, 0.1) is 18.8 Å². The molecule has 1 saturated carbocycles. The SMILES string of the molecule is CCC(CC)C(=O)N1C[C@@H]2C[C@@H](NS(=O)(=O)CC)C[C@]2(c2nc(C)no2)C1. The average Bonchev–Trinajstić information content (AvgIpc) is 3.28. The summed E-state index contributed by atoms with van der Waals surface area (Å²) in [5.41, 5.74) is -0.468. The molecule has 0 bridgehead atoms. The Morgan fingerprint density at radius 2 is 2.07 bits per heavy atom. The number of sulfonamides is 1. The van der Waals surface area contributed by atoms with Gasteiger partial charge in [-0.25, -0.2) is 13.1 Å². The van der Waals surface area contributed by atoms with Crippen molar-refractivity contribution in [1.29, 1.82) is 0 Å². The minimum Gasteiger partial charge on any atom is -0.341 e. The second-order valence-electron chi connectivity index (χ2n) is 7.89. The number of carbonyl (C=O) groups excluding carboxylic acids is 1. The summed E-state index contributed by atoms with van der Waals surface area (Å²) >= 11 is 0. The van der Waals surface area contributed by atoms with Crippen LogP contribution >= 0.6 is 0 Å². The van der Waals surface area contributed by atoms with Gasteiger partial charge in [0.25, 0.3) is 0 Å². The lowest BCUT2D eigenvalue weighted by atomic mass is 9.80. The Morgan fingerprint density at radius 1 is 1.37 bits per heavy atom. The number of nitrogens with zero attached hydrogens (tertiary/aromatic N) is 3. The van der Waals surface area contributed by atoms with Crippen molar-refractivity contribution in [2.24, 2.45) is 11.8 Å². The number of hydrogen-bond donors (Lipinski definition) is 1. The zero-order valence-electron chi connectivity index (χ0n) is 16.6. The van der Waals surface area contributed by atoms with Crippen LogP contribution in [-0.4, -0.2) is 54.2 Å². The summed E-state index contributed by atoms with van der Waals surface area (Å²) in [6.07, 6.45) is 2.89. The molecule has 1 aliphatic carbocycles. The quantitative estimate of drug-likeness (QED) is 0.748. The molecule has 1 aromatic heterocycles. The summed E-state index contributed by atoms with van der Waals surface area (Å²) in [4.78, 5) is 19.3. The summed E-state index contributed by atoms with van der Waals surface area (Å²) in [5, 5.41) is 3.94. The maximum atomic E-state index is 12.9. The molecule has 0 aromatic carbocycles. The fourth-order valence-corrected chi connectivity index (χ4v) is 5.55. The van der Waals surface area contributed by atoms with Crippen molar-refractivity contribution in [2.75, 3.05) is 18.8 Å². The Morgan fingerprint density at radius 3 is 2.63 bits per heavy atom. The predicted molar refractivity (Wildman–Crippen MR) is 100 cm³/mol. The molecule has 2 fully saturated rings.